The van der Waals surface area contributed by atoms with E-state index in [4.69, 9.17) is 18.9 Å². The highest BCUT2D eigenvalue weighted by molar-refractivity contribution is 5.88. The molecular weight excluding hydrogens is 528 g/mol. The maximum Gasteiger partial charge on any atom is 0.308 e. The lowest BCUT2D eigenvalue weighted by Gasteiger charge is -2.39. The zero-order chi connectivity index (χ0) is 30.3. The molecule has 2 N–H and O–H groups in total. The predicted molar refractivity (Wildman–Crippen MR) is 154 cm³/mol. The molecule has 3 rings (SSSR count). The fourth-order valence-corrected chi connectivity index (χ4v) is 5.41. The number of ether oxygens (including phenoxy) is 4. The summed E-state index contributed by atoms with van der Waals surface area (Å²) in [6.07, 6.45) is 9.72. The minimum atomic E-state index is -0.797. The van der Waals surface area contributed by atoms with Gasteiger partial charge < -0.3 is 34.3 Å². The Morgan fingerprint density at radius 1 is 1.20 bits per heavy atom. The molecule has 0 unspecified atom stereocenters. The highest BCUT2D eigenvalue weighted by Crippen LogP contribution is 2.43. The van der Waals surface area contributed by atoms with Gasteiger partial charge in [-0.2, -0.15) is 0 Å². The number of esters is 1. The SMILES string of the molecule is COC(=O)C[C@@H]1C[C@@]2(CO2)[C@H](O)[C@@H](/C=C/C(C)=C/C[C@@H]2O[C@H](C)[C@H](NC(=O)/C=C\[C@H](C)CC(=O)N(C)C)C[C@@H]2C)O1. The van der Waals surface area contributed by atoms with Crippen LogP contribution in [-0.4, -0.2) is 97.8 Å². The number of aliphatic hydroxyl groups excluding tert-OH is 1. The largest absolute Gasteiger partial charge is 0.469 e. The fourth-order valence-electron chi connectivity index (χ4n) is 5.41. The van der Waals surface area contributed by atoms with Crippen LogP contribution in [0.15, 0.2) is 36.0 Å². The van der Waals surface area contributed by atoms with E-state index in [1.807, 2.05) is 32.9 Å². The van der Waals surface area contributed by atoms with Crippen LogP contribution in [0.3, 0.4) is 0 Å². The first-order chi connectivity index (χ1) is 19.3. The number of carbonyl (C=O) groups excluding carboxylic acids is 3. The normalized spacial score (nSPS) is 34.5. The second-order valence-electron chi connectivity index (χ2n) is 12.1. The summed E-state index contributed by atoms with van der Waals surface area (Å²) >= 11 is 0. The molecule has 0 aliphatic carbocycles. The van der Waals surface area contributed by atoms with Gasteiger partial charge in [-0.15, -0.1) is 0 Å². The lowest BCUT2D eigenvalue weighted by atomic mass is 9.87. The van der Waals surface area contributed by atoms with Crippen molar-refractivity contribution >= 4 is 17.8 Å². The molecule has 0 aromatic heterocycles. The van der Waals surface area contributed by atoms with E-state index in [1.165, 1.54) is 13.2 Å². The maximum atomic E-state index is 12.5. The summed E-state index contributed by atoms with van der Waals surface area (Å²) < 4.78 is 22.6. The van der Waals surface area contributed by atoms with Crippen molar-refractivity contribution in [2.24, 2.45) is 11.8 Å². The molecule has 3 aliphatic heterocycles. The van der Waals surface area contributed by atoms with Gasteiger partial charge in [-0.05, 0) is 44.6 Å². The van der Waals surface area contributed by atoms with Crippen LogP contribution < -0.4 is 5.32 Å². The Morgan fingerprint density at radius 3 is 2.54 bits per heavy atom. The van der Waals surface area contributed by atoms with Crippen molar-refractivity contribution in [1.82, 2.24) is 10.2 Å². The van der Waals surface area contributed by atoms with Gasteiger partial charge in [-0.3, -0.25) is 14.4 Å². The molecule has 3 saturated heterocycles. The van der Waals surface area contributed by atoms with Crippen molar-refractivity contribution in [1.29, 1.82) is 0 Å². The second-order valence-corrected chi connectivity index (χ2v) is 12.1. The van der Waals surface area contributed by atoms with Crippen molar-refractivity contribution in [3.05, 3.63) is 36.0 Å². The zero-order valence-electron chi connectivity index (χ0n) is 25.5. The van der Waals surface area contributed by atoms with Gasteiger partial charge in [0.15, 0.2) is 0 Å². The van der Waals surface area contributed by atoms with E-state index in [1.54, 1.807) is 25.1 Å². The van der Waals surface area contributed by atoms with Crippen molar-refractivity contribution in [2.75, 3.05) is 27.8 Å². The summed E-state index contributed by atoms with van der Waals surface area (Å²) in [5.41, 5.74) is 0.364. The Balaban J connectivity index is 1.48. The first kappa shape index (κ1) is 33.0. The van der Waals surface area contributed by atoms with E-state index < -0.39 is 17.8 Å². The lowest BCUT2D eigenvalue weighted by molar-refractivity contribution is -0.157. The number of amides is 2. The van der Waals surface area contributed by atoms with Gasteiger partial charge in [0.2, 0.25) is 11.8 Å². The number of nitrogens with one attached hydrogen (secondary N) is 1. The minimum Gasteiger partial charge on any atom is -0.469 e. The molecule has 10 nitrogen and oxygen atoms in total. The van der Waals surface area contributed by atoms with Crippen molar-refractivity contribution in [3.63, 3.8) is 0 Å². The quantitative estimate of drug-likeness (QED) is 0.166. The Morgan fingerprint density at radius 2 is 1.90 bits per heavy atom. The summed E-state index contributed by atoms with van der Waals surface area (Å²) in [6.45, 7) is 8.46. The summed E-state index contributed by atoms with van der Waals surface area (Å²) in [6, 6.07) is -0.0954. The second kappa shape index (κ2) is 14.6. The van der Waals surface area contributed by atoms with E-state index in [0.29, 0.717) is 25.9 Å². The van der Waals surface area contributed by atoms with Gasteiger partial charge in [0, 0.05) is 26.9 Å². The maximum absolute atomic E-state index is 12.5. The van der Waals surface area contributed by atoms with Crippen LogP contribution in [-0.2, 0) is 33.3 Å². The smallest absolute Gasteiger partial charge is 0.308 e. The molecule has 0 bridgehead atoms. The first-order valence-electron chi connectivity index (χ1n) is 14.6. The molecule has 0 aromatic carbocycles. The van der Waals surface area contributed by atoms with Gasteiger partial charge in [-0.1, -0.05) is 43.7 Å². The van der Waals surface area contributed by atoms with Crippen LogP contribution >= 0.6 is 0 Å². The number of hydrogen-bond acceptors (Lipinski definition) is 8. The van der Waals surface area contributed by atoms with Gasteiger partial charge >= 0.3 is 5.97 Å². The molecule has 0 radical (unpaired) electrons. The molecule has 41 heavy (non-hydrogen) atoms. The van der Waals surface area contributed by atoms with Crippen LogP contribution in [0, 0.1) is 11.8 Å². The molecule has 3 fully saturated rings. The molecule has 3 aliphatic rings. The van der Waals surface area contributed by atoms with Gasteiger partial charge in [0.25, 0.3) is 0 Å². The number of hydrogen-bond donors (Lipinski definition) is 2. The van der Waals surface area contributed by atoms with E-state index in [2.05, 4.69) is 18.3 Å². The molecule has 3 heterocycles. The third-order valence-electron chi connectivity index (χ3n) is 8.25. The van der Waals surface area contributed by atoms with Crippen molar-refractivity contribution in [3.8, 4) is 0 Å². The summed E-state index contributed by atoms with van der Waals surface area (Å²) in [7, 11) is 4.79. The first-order valence-corrected chi connectivity index (χ1v) is 14.6. The highest BCUT2D eigenvalue weighted by Gasteiger charge is 2.58. The number of nitrogens with zero attached hydrogens (tertiary/aromatic N) is 1. The topological polar surface area (TPSA) is 127 Å². The molecule has 0 saturated carbocycles. The van der Waals surface area contributed by atoms with Crippen LogP contribution in [0.5, 0.6) is 0 Å². The average molecular weight is 577 g/mol. The number of epoxide rings is 1. The minimum absolute atomic E-state index is 0.0122. The average Bonchev–Trinajstić information content (AvgIpc) is 3.69. The van der Waals surface area contributed by atoms with Crippen molar-refractivity contribution < 1.29 is 38.4 Å². The number of allylic oxidation sites excluding steroid dienone is 3. The Kier molecular flexibility index (Phi) is 11.7. The van der Waals surface area contributed by atoms with Crippen LogP contribution in [0.25, 0.3) is 0 Å². The fraction of sp³-hybridized carbons (Fsp3) is 0.710. The third-order valence-corrected chi connectivity index (χ3v) is 8.25. The Hall–Kier alpha value is -2.53. The number of rotatable bonds is 11. The molecular formula is C31H48N2O8. The van der Waals surface area contributed by atoms with E-state index in [9.17, 15) is 19.5 Å². The molecule has 2 amide bonds. The molecule has 10 heteroatoms. The van der Waals surface area contributed by atoms with E-state index in [-0.39, 0.29) is 60.4 Å². The van der Waals surface area contributed by atoms with Crippen LogP contribution in [0.4, 0.5) is 0 Å². The Bertz CT molecular complexity index is 1020. The predicted octanol–water partition coefficient (Wildman–Crippen LogP) is 2.70. The Labute approximate surface area is 244 Å². The van der Waals surface area contributed by atoms with Gasteiger partial charge in [-0.25, -0.2) is 0 Å². The standard InChI is InChI=1S/C31H48N2O8/c1-19(9-12-26-30(37)31(18-39-31)17-23(41-26)16-29(36)38-7)8-11-25-21(3)15-24(22(4)40-25)32-27(34)13-10-20(2)14-28(35)33(5)6/h8-10,12-13,20-26,30,37H,11,14-18H2,1-7H3,(H,32,34)/b12-9+,13-10-,19-8+/t20-,21-,22+,23+,24+,25-,26+,30+,31+/m0/s1. The highest BCUT2D eigenvalue weighted by atomic mass is 16.6. The van der Waals surface area contributed by atoms with E-state index in [0.717, 1.165) is 12.0 Å². The van der Waals surface area contributed by atoms with Crippen molar-refractivity contribution in [2.45, 2.75) is 102 Å². The summed E-state index contributed by atoms with van der Waals surface area (Å²) in [5.74, 6) is -0.291. The molecule has 230 valence electrons. The number of carbonyl (C=O) groups is 3. The summed E-state index contributed by atoms with van der Waals surface area (Å²) in [5, 5.41) is 13.8. The number of aliphatic hydroxyl groups is 1. The third kappa shape index (κ3) is 9.49. The molecule has 1 spiro atoms. The monoisotopic (exact) mass is 576 g/mol. The molecule has 9 atom stereocenters. The van der Waals surface area contributed by atoms with E-state index >= 15 is 0 Å². The molecule has 0 aromatic rings. The van der Waals surface area contributed by atoms with Crippen LogP contribution in [0.1, 0.15) is 59.8 Å². The zero-order valence-corrected chi connectivity index (χ0v) is 25.5. The van der Waals surface area contributed by atoms with Gasteiger partial charge in [0.1, 0.15) is 17.8 Å². The van der Waals surface area contributed by atoms with Gasteiger partial charge in [0.05, 0.1) is 44.5 Å². The number of methoxy groups -OCH3 is 1. The lowest BCUT2D eigenvalue weighted by Crippen LogP contribution is -2.50. The van der Waals surface area contributed by atoms with Crippen LogP contribution in [0.2, 0.25) is 0 Å². The summed E-state index contributed by atoms with van der Waals surface area (Å²) in [4.78, 5) is 37.7.